The van der Waals surface area contributed by atoms with Gasteiger partial charge in [-0.05, 0) is 31.5 Å². The molecular formula is C18H20N4O3S. The standard InChI is InChI=1S/C18H20N4O3S/c1-25-17(24)13-7-9-21(10-8-13)14(12-5-3-2-4-6-12)15-16(23)22-18(26-15)19-11-20-22/h2-6,11,13-14,23H,7-10H2,1H3. The SMILES string of the molecule is COC(=O)C1CCN(C(c2ccccc2)c2sc3ncnn3c2O)CC1. The van der Waals surface area contributed by atoms with Gasteiger partial charge in [-0.2, -0.15) is 9.61 Å². The van der Waals surface area contributed by atoms with E-state index in [1.807, 2.05) is 18.2 Å². The number of nitrogens with zero attached hydrogens (tertiary/aromatic N) is 4. The van der Waals surface area contributed by atoms with Crippen molar-refractivity contribution in [2.45, 2.75) is 18.9 Å². The quantitative estimate of drug-likeness (QED) is 0.709. The topological polar surface area (TPSA) is 80.0 Å². The predicted molar refractivity (Wildman–Crippen MR) is 97.1 cm³/mol. The second-order valence-corrected chi connectivity index (χ2v) is 7.40. The highest BCUT2D eigenvalue weighted by molar-refractivity contribution is 7.17. The van der Waals surface area contributed by atoms with E-state index in [9.17, 15) is 9.90 Å². The molecule has 1 unspecified atom stereocenters. The zero-order chi connectivity index (χ0) is 18.1. The fourth-order valence-electron chi connectivity index (χ4n) is 3.60. The van der Waals surface area contributed by atoms with Gasteiger partial charge >= 0.3 is 5.97 Å². The molecule has 1 atom stereocenters. The highest BCUT2D eigenvalue weighted by Gasteiger charge is 2.33. The Hall–Kier alpha value is -2.45. The van der Waals surface area contributed by atoms with Gasteiger partial charge in [-0.25, -0.2) is 4.98 Å². The Labute approximate surface area is 154 Å². The molecule has 1 aromatic carbocycles. The number of aromatic hydroxyl groups is 1. The van der Waals surface area contributed by atoms with Crippen LogP contribution in [0.25, 0.3) is 4.96 Å². The third kappa shape index (κ3) is 2.95. The number of rotatable bonds is 4. The Balaban J connectivity index is 1.68. The van der Waals surface area contributed by atoms with Crippen molar-refractivity contribution in [3.63, 3.8) is 0 Å². The monoisotopic (exact) mass is 372 g/mol. The maximum atomic E-state index is 11.8. The maximum absolute atomic E-state index is 11.8. The van der Waals surface area contributed by atoms with E-state index >= 15 is 0 Å². The molecule has 0 aliphatic carbocycles. The van der Waals surface area contributed by atoms with Gasteiger partial charge in [0.2, 0.25) is 10.8 Å². The van der Waals surface area contributed by atoms with Crippen LogP contribution < -0.4 is 0 Å². The van der Waals surface area contributed by atoms with Crippen LogP contribution in [0.1, 0.15) is 29.3 Å². The van der Waals surface area contributed by atoms with Gasteiger partial charge in [0.25, 0.3) is 0 Å². The lowest BCUT2D eigenvalue weighted by Gasteiger charge is -2.36. The second kappa shape index (κ2) is 7.05. The molecule has 3 aromatic rings. The lowest BCUT2D eigenvalue weighted by atomic mass is 9.94. The number of piperidine rings is 1. The first kappa shape index (κ1) is 17.0. The molecule has 0 saturated carbocycles. The summed E-state index contributed by atoms with van der Waals surface area (Å²) in [6.07, 6.45) is 2.93. The van der Waals surface area contributed by atoms with Gasteiger partial charge in [0.1, 0.15) is 6.33 Å². The number of esters is 1. The number of thiazole rings is 1. The first-order valence-corrected chi connectivity index (χ1v) is 9.39. The first-order valence-electron chi connectivity index (χ1n) is 8.57. The molecule has 0 amide bonds. The van der Waals surface area contributed by atoms with Crippen molar-refractivity contribution in [2.24, 2.45) is 5.92 Å². The second-order valence-electron chi connectivity index (χ2n) is 6.39. The molecule has 2 aromatic heterocycles. The normalized spacial score (nSPS) is 17.4. The summed E-state index contributed by atoms with van der Waals surface area (Å²) in [6, 6.07) is 10.0. The molecular weight excluding hydrogens is 352 g/mol. The molecule has 1 aliphatic rings. The van der Waals surface area contributed by atoms with Crippen LogP contribution in [0.2, 0.25) is 0 Å². The molecule has 1 fully saturated rings. The minimum atomic E-state index is -0.137. The fourth-order valence-corrected chi connectivity index (χ4v) is 4.69. The zero-order valence-corrected chi connectivity index (χ0v) is 15.2. The zero-order valence-electron chi connectivity index (χ0n) is 14.4. The number of hydrogen-bond acceptors (Lipinski definition) is 7. The van der Waals surface area contributed by atoms with Crippen molar-refractivity contribution in [1.82, 2.24) is 19.5 Å². The number of fused-ring (bicyclic) bond motifs is 1. The molecule has 3 heterocycles. The summed E-state index contributed by atoms with van der Waals surface area (Å²) in [6.45, 7) is 1.51. The molecule has 1 N–H and O–H groups in total. The Morgan fingerprint density at radius 2 is 2.04 bits per heavy atom. The number of methoxy groups -OCH3 is 1. The summed E-state index contributed by atoms with van der Waals surface area (Å²) in [7, 11) is 1.44. The third-order valence-corrected chi connectivity index (χ3v) is 6.02. The van der Waals surface area contributed by atoms with E-state index in [-0.39, 0.29) is 23.8 Å². The van der Waals surface area contributed by atoms with E-state index in [1.165, 1.54) is 29.3 Å². The average Bonchev–Trinajstić information content (AvgIpc) is 3.26. The predicted octanol–water partition coefficient (Wildman–Crippen LogP) is 2.47. The lowest BCUT2D eigenvalue weighted by molar-refractivity contribution is -0.147. The molecule has 0 bridgehead atoms. The number of benzene rings is 1. The highest BCUT2D eigenvalue weighted by Crippen LogP contribution is 2.41. The van der Waals surface area contributed by atoms with Gasteiger partial charge in [-0.3, -0.25) is 9.69 Å². The van der Waals surface area contributed by atoms with Crippen molar-refractivity contribution in [3.8, 4) is 5.88 Å². The van der Waals surface area contributed by atoms with Gasteiger partial charge in [0.05, 0.1) is 23.9 Å². The van der Waals surface area contributed by atoms with Crippen LogP contribution >= 0.6 is 11.3 Å². The number of hydrogen-bond donors (Lipinski definition) is 1. The summed E-state index contributed by atoms with van der Waals surface area (Å²) in [5, 5.41) is 14.8. The summed E-state index contributed by atoms with van der Waals surface area (Å²) in [4.78, 5) is 19.8. The van der Waals surface area contributed by atoms with Crippen molar-refractivity contribution < 1.29 is 14.6 Å². The number of ether oxygens (including phenoxy) is 1. The average molecular weight is 372 g/mol. The number of likely N-dealkylation sites (tertiary alicyclic amines) is 1. The molecule has 4 rings (SSSR count). The number of carbonyl (C=O) groups is 1. The molecule has 26 heavy (non-hydrogen) atoms. The first-order chi connectivity index (χ1) is 12.7. The summed E-state index contributed by atoms with van der Waals surface area (Å²) in [5.41, 5.74) is 1.10. The summed E-state index contributed by atoms with van der Waals surface area (Å²) >= 11 is 1.44. The van der Waals surface area contributed by atoms with Gasteiger partial charge in [-0.1, -0.05) is 41.7 Å². The maximum Gasteiger partial charge on any atom is 0.308 e. The molecule has 0 spiro atoms. The van der Waals surface area contributed by atoms with Crippen LogP contribution in [0.5, 0.6) is 5.88 Å². The Morgan fingerprint density at radius 3 is 2.69 bits per heavy atom. The van der Waals surface area contributed by atoms with Gasteiger partial charge in [0.15, 0.2) is 0 Å². The van der Waals surface area contributed by atoms with Crippen LogP contribution in [0.3, 0.4) is 0 Å². The van der Waals surface area contributed by atoms with Crippen molar-refractivity contribution in [2.75, 3.05) is 20.2 Å². The Morgan fingerprint density at radius 1 is 1.31 bits per heavy atom. The Bertz CT molecular complexity index is 900. The lowest BCUT2D eigenvalue weighted by Crippen LogP contribution is -2.39. The van der Waals surface area contributed by atoms with Crippen LogP contribution in [-0.2, 0) is 9.53 Å². The largest absolute Gasteiger partial charge is 0.492 e. The van der Waals surface area contributed by atoms with E-state index in [2.05, 4.69) is 27.1 Å². The smallest absolute Gasteiger partial charge is 0.308 e. The van der Waals surface area contributed by atoms with E-state index in [0.29, 0.717) is 4.96 Å². The molecule has 8 heteroatoms. The molecule has 1 aliphatic heterocycles. The van der Waals surface area contributed by atoms with Gasteiger partial charge < -0.3 is 9.84 Å². The van der Waals surface area contributed by atoms with E-state index in [0.717, 1.165) is 36.4 Å². The van der Waals surface area contributed by atoms with E-state index < -0.39 is 0 Å². The number of aromatic nitrogens is 3. The van der Waals surface area contributed by atoms with E-state index in [1.54, 1.807) is 0 Å². The minimum Gasteiger partial charge on any atom is -0.492 e. The van der Waals surface area contributed by atoms with Crippen LogP contribution in [0, 0.1) is 5.92 Å². The van der Waals surface area contributed by atoms with Crippen LogP contribution in [0.15, 0.2) is 36.7 Å². The third-order valence-electron chi connectivity index (χ3n) is 4.93. The number of carbonyl (C=O) groups excluding carboxylic acids is 1. The minimum absolute atomic E-state index is 0.0522. The van der Waals surface area contributed by atoms with Gasteiger partial charge in [-0.15, -0.1) is 0 Å². The van der Waals surface area contributed by atoms with Crippen molar-refractivity contribution >= 4 is 22.3 Å². The Kier molecular flexibility index (Phi) is 4.60. The molecule has 7 nitrogen and oxygen atoms in total. The molecule has 136 valence electrons. The van der Waals surface area contributed by atoms with E-state index in [4.69, 9.17) is 4.74 Å². The van der Waals surface area contributed by atoms with Crippen molar-refractivity contribution in [3.05, 3.63) is 47.1 Å². The van der Waals surface area contributed by atoms with Crippen LogP contribution in [-0.4, -0.2) is 50.8 Å². The van der Waals surface area contributed by atoms with Gasteiger partial charge in [0, 0.05) is 0 Å². The summed E-state index contributed by atoms with van der Waals surface area (Å²) in [5.74, 6) is -0.0578. The van der Waals surface area contributed by atoms with Crippen molar-refractivity contribution in [1.29, 1.82) is 0 Å². The molecule has 0 radical (unpaired) electrons. The molecule has 1 saturated heterocycles. The van der Waals surface area contributed by atoms with Crippen LogP contribution in [0.4, 0.5) is 0 Å². The highest BCUT2D eigenvalue weighted by atomic mass is 32.1. The summed E-state index contributed by atoms with van der Waals surface area (Å²) < 4.78 is 6.36. The fraction of sp³-hybridized carbons (Fsp3) is 0.389.